The number of amides is 1. The fraction of sp³-hybridized carbons (Fsp3) is 0.700. The molecule has 0 bridgehead atoms. The van der Waals surface area contributed by atoms with Crippen LogP contribution in [0.1, 0.15) is 57.7 Å². The Hall–Kier alpha value is -1.62. The molecule has 25 heavy (non-hydrogen) atoms. The van der Waals surface area contributed by atoms with Crippen molar-refractivity contribution in [2.24, 2.45) is 0 Å². The fourth-order valence-corrected chi connectivity index (χ4v) is 2.66. The zero-order chi connectivity index (χ0) is 18.4. The maximum absolute atomic E-state index is 12.1. The summed E-state index contributed by atoms with van der Waals surface area (Å²) < 4.78 is 5.45. The van der Waals surface area contributed by atoms with E-state index >= 15 is 0 Å². The van der Waals surface area contributed by atoms with Crippen molar-refractivity contribution < 1.29 is 9.53 Å². The SMILES string of the molecule is CCN(CCN(C)CCc1ccc(C2CC2)cn1)C(=O)OC(C)(C)C. The minimum absolute atomic E-state index is 0.235. The summed E-state index contributed by atoms with van der Waals surface area (Å²) in [7, 11) is 2.08. The van der Waals surface area contributed by atoms with E-state index < -0.39 is 5.60 Å². The second-order valence-corrected chi connectivity index (χ2v) is 7.97. The van der Waals surface area contributed by atoms with Crippen molar-refractivity contribution >= 4 is 6.09 Å². The summed E-state index contributed by atoms with van der Waals surface area (Å²) in [6.07, 6.45) is 5.36. The standard InChI is InChI=1S/C20H33N3O2/c1-6-23(19(24)25-20(2,3)4)14-13-22(5)12-11-18-10-9-17(15-21-18)16-7-8-16/h9-10,15-16H,6-8,11-14H2,1-5H3. The number of likely N-dealkylation sites (N-methyl/N-ethyl adjacent to an activating group) is 2. The minimum atomic E-state index is -0.450. The van der Waals surface area contributed by atoms with E-state index in [2.05, 4.69) is 29.1 Å². The van der Waals surface area contributed by atoms with E-state index in [9.17, 15) is 4.79 Å². The molecule has 0 aromatic carbocycles. The molecule has 1 aliphatic rings. The summed E-state index contributed by atoms with van der Waals surface area (Å²) in [4.78, 5) is 20.7. The number of nitrogens with zero attached hydrogens (tertiary/aromatic N) is 3. The first-order valence-electron chi connectivity index (χ1n) is 9.40. The van der Waals surface area contributed by atoms with Gasteiger partial charge in [0, 0.05) is 44.5 Å². The predicted octanol–water partition coefficient (Wildman–Crippen LogP) is 3.69. The first-order chi connectivity index (χ1) is 11.8. The van der Waals surface area contributed by atoms with Crippen molar-refractivity contribution in [2.75, 3.05) is 33.2 Å². The van der Waals surface area contributed by atoms with Crippen LogP contribution in [0.3, 0.4) is 0 Å². The normalized spacial score (nSPS) is 14.6. The molecule has 0 spiro atoms. The smallest absolute Gasteiger partial charge is 0.410 e. The van der Waals surface area contributed by atoms with Gasteiger partial charge in [-0.1, -0.05) is 6.07 Å². The molecule has 5 nitrogen and oxygen atoms in total. The van der Waals surface area contributed by atoms with Gasteiger partial charge in [-0.25, -0.2) is 4.79 Å². The van der Waals surface area contributed by atoms with Crippen molar-refractivity contribution in [1.29, 1.82) is 0 Å². The first kappa shape index (κ1) is 19.7. The minimum Gasteiger partial charge on any atom is -0.444 e. The van der Waals surface area contributed by atoms with Gasteiger partial charge in [-0.05, 0) is 65.1 Å². The Morgan fingerprint density at radius 3 is 2.48 bits per heavy atom. The Morgan fingerprint density at radius 1 is 1.24 bits per heavy atom. The number of pyridine rings is 1. The molecule has 1 aliphatic carbocycles. The highest BCUT2D eigenvalue weighted by Crippen LogP contribution is 2.39. The fourth-order valence-electron chi connectivity index (χ4n) is 2.66. The summed E-state index contributed by atoms with van der Waals surface area (Å²) in [6, 6.07) is 4.38. The van der Waals surface area contributed by atoms with E-state index in [1.807, 2.05) is 33.9 Å². The number of hydrogen-bond donors (Lipinski definition) is 0. The lowest BCUT2D eigenvalue weighted by Crippen LogP contribution is -2.41. The van der Waals surface area contributed by atoms with Crippen LogP contribution in [0.15, 0.2) is 18.3 Å². The second-order valence-electron chi connectivity index (χ2n) is 7.97. The highest BCUT2D eigenvalue weighted by molar-refractivity contribution is 5.68. The molecule has 2 rings (SSSR count). The monoisotopic (exact) mass is 347 g/mol. The molecular weight excluding hydrogens is 314 g/mol. The van der Waals surface area contributed by atoms with E-state index in [0.29, 0.717) is 13.1 Å². The van der Waals surface area contributed by atoms with Gasteiger partial charge < -0.3 is 14.5 Å². The molecular formula is C20H33N3O2. The third kappa shape index (κ3) is 7.02. The number of rotatable bonds is 8. The number of carbonyl (C=O) groups excluding carboxylic acids is 1. The van der Waals surface area contributed by atoms with Crippen LogP contribution in [0.2, 0.25) is 0 Å². The summed E-state index contributed by atoms with van der Waals surface area (Å²) >= 11 is 0. The molecule has 0 N–H and O–H groups in total. The highest BCUT2D eigenvalue weighted by atomic mass is 16.6. The molecule has 140 valence electrons. The Morgan fingerprint density at radius 2 is 1.96 bits per heavy atom. The van der Waals surface area contributed by atoms with Crippen LogP contribution in [0, 0.1) is 0 Å². The molecule has 1 aromatic rings. The van der Waals surface area contributed by atoms with E-state index in [1.54, 1.807) is 4.90 Å². The van der Waals surface area contributed by atoms with Gasteiger partial charge in [0.2, 0.25) is 0 Å². The molecule has 1 fully saturated rings. The molecule has 1 amide bonds. The Bertz CT molecular complexity index is 547. The molecule has 1 aromatic heterocycles. The van der Waals surface area contributed by atoms with E-state index in [1.165, 1.54) is 18.4 Å². The predicted molar refractivity (Wildman–Crippen MR) is 101 cm³/mol. The molecule has 0 saturated heterocycles. The van der Waals surface area contributed by atoms with E-state index in [-0.39, 0.29) is 6.09 Å². The van der Waals surface area contributed by atoms with Crippen LogP contribution < -0.4 is 0 Å². The molecule has 0 radical (unpaired) electrons. The maximum atomic E-state index is 12.1. The van der Waals surface area contributed by atoms with Crippen LogP contribution in [-0.4, -0.2) is 59.7 Å². The summed E-state index contributed by atoms with van der Waals surface area (Å²) in [5.41, 5.74) is 2.07. The largest absolute Gasteiger partial charge is 0.444 e. The quantitative estimate of drug-likeness (QED) is 0.719. The van der Waals surface area contributed by atoms with Crippen LogP contribution in [0.4, 0.5) is 4.79 Å². The van der Waals surface area contributed by atoms with Crippen LogP contribution in [-0.2, 0) is 11.2 Å². The van der Waals surface area contributed by atoms with Crippen LogP contribution >= 0.6 is 0 Å². The van der Waals surface area contributed by atoms with Crippen molar-refractivity contribution in [3.63, 3.8) is 0 Å². The summed E-state index contributed by atoms with van der Waals surface area (Å²) in [5, 5.41) is 0. The van der Waals surface area contributed by atoms with Crippen molar-refractivity contribution in [3.05, 3.63) is 29.6 Å². The topological polar surface area (TPSA) is 45.7 Å². The Labute approximate surface area is 152 Å². The number of aromatic nitrogens is 1. The molecule has 5 heteroatoms. The molecule has 0 aliphatic heterocycles. The van der Waals surface area contributed by atoms with Crippen LogP contribution in [0.5, 0.6) is 0 Å². The lowest BCUT2D eigenvalue weighted by atomic mass is 10.1. The Kier molecular flexibility index (Phi) is 6.82. The zero-order valence-electron chi connectivity index (χ0n) is 16.4. The van der Waals surface area contributed by atoms with Gasteiger partial charge >= 0.3 is 6.09 Å². The van der Waals surface area contributed by atoms with Crippen molar-refractivity contribution in [3.8, 4) is 0 Å². The zero-order valence-corrected chi connectivity index (χ0v) is 16.4. The second kappa shape index (κ2) is 8.65. The van der Waals surface area contributed by atoms with Gasteiger partial charge in [0.1, 0.15) is 5.60 Å². The Balaban J connectivity index is 1.71. The summed E-state index contributed by atoms with van der Waals surface area (Å²) in [6.45, 7) is 10.8. The average Bonchev–Trinajstić information content (AvgIpc) is 3.37. The van der Waals surface area contributed by atoms with Crippen molar-refractivity contribution in [1.82, 2.24) is 14.8 Å². The van der Waals surface area contributed by atoms with Crippen LogP contribution in [0.25, 0.3) is 0 Å². The molecule has 1 heterocycles. The van der Waals surface area contributed by atoms with E-state index in [0.717, 1.165) is 31.1 Å². The van der Waals surface area contributed by atoms with Crippen molar-refractivity contribution in [2.45, 2.75) is 58.5 Å². The van der Waals surface area contributed by atoms with E-state index in [4.69, 9.17) is 4.74 Å². The third-order valence-electron chi connectivity index (χ3n) is 4.43. The number of ether oxygens (including phenoxy) is 1. The van der Waals surface area contributed by atoms with Gasteiger partial charge in [0.25, 0.3) is 0 Å². The van der Waals surface area contributed by atoms with Gasteiger partial charge in [-0.15, -0.1) is 0 Å². The van der Waals surface area contributed by atoms with Gasteiger partial charge in [-0.2, -0.15) is 0 Å². The first-order valence-corrected chi connectivity index (χ1v) is 9.40. The number of hydrogen-bond acceptors (Lipinski definition) is 4. The summed E-state index contributed by atoms with van der Waals surface area (Å²) in [5.74, 6) is 0.761. The van der Waals surface area contributed by atoms with Gasteiger partial charge in [0.05, 0.1) is 0 Å². The number of carbonyl (C=O) groups is 1. The van der Waals surface area contributed by atoms with Gasteiger partial charge in [-0.3, -0.25) is 4.98 Å². The third-order valence-corrected chi connectivity index (χ3v) is 4.43. The molecule has 0 atom stereocenters. The van der Waals surface area contributed by atoms with Gasteiger partial charge in [0.15, 0.2) is 0 Å². The lowest BCUT2D eigenvalue weighted by molar-refractivity contribution is 0.0247. The molecule has 0 unspecified atom stereocenters. The average molecular weight is 348 g/mol. The highest BCUT2D eigenvalue weighted by Gasteiger charge is 2.23. The lowest BCUT2D eigenvalue weighted by Gasteiger charge is -2.28. The maximum Gasteiger partial charge on any atom is 0.410 e. The molecule has 1 saturated carbocycles.